The van der Waals surface area contributed by atoms with Gasteiger partial charge in [-0.05, 0) is 44.2 Å². The molecule has 5 nitrogen and oxygen atoms in total. The van der Waals surface area contributed by atoms with Gasteiger partial charge >= 0.3 is 0 Å². The summed E-state index contributed by atoms with van der Waals surface area (Å²) in [5.41, 5.74) is 9.79. The molecular formula is C21H22N4OS. The molecule has 0 saturated heterocycles. The molecule has 0 unspecified atom stereocenters. The normalized spacial score (nSPS) is 21.5. The van der Waals surface area contributed by atoms with Gasteiger partial charge in [-0.3, -0.25) is 5.10 Å². The molecule has 6 heteroatoms. The third-order valence-corrected chi connectivity index (χ3v) is 6.22. The molecule has 2 aromatic rings. The van der Waals surface area contributed by atoms with Crippen LogP contribution in [0.5, 0.6) is 5.88 Å². The van der Waals surface area contributed by atoms with Crippen LogP contribution in [0.4, 0.5) is 0 Å². The number of nitrogens with one attached hydrogen (secondary N) is 1. The van der Waals surface area contributed by atoms with E-state index in [1.54, 1.807) is 11.8 Å². The predicted molar refractivity (Wildman–Crippen MR) is 106 cm³/mol. The molecule has 1 aromatic carbocycles. The molecule has 1 aliphatic carbocycles. The van der Waals surface area contributed by atoms with Gasteiger partial charge in [0.1, 0.15) is 6.07 Å². The summed E-state index contributed by atoms with van der Waals surface area (Å²) in [5, 5.41) is 17.2. The number of nitriles is 1. The molecular weight excluding hydrogens is 356 g/mol. The zero-order valence-corrected chi connectivity index (χ0v) is 16.1. The Kier molecular flexibility index (Phi) is 4.95. The fraction of sp³-hybridized carbons (Fsp3) is 0.333. The Labute approximate surface area is 163 Å². The summed E-state index contributed by atoms with van der Waals surface area (Å²) in [4.78, 5) is 1.20. The fourth-order valence-corrected chi connectivity index (χ4v) is 4.65. The highest BCUT2D eigenvalue weighted by Gasteiger charge is 2.38. The second kappa shape index (κ2) is 7.53. The van der Waals surface area contributed by atoms with E-state index < -0.39 is 0 Å². The summed E-state index contributed by atoms with van der Waals surface area (Å²) in [5.74, 6) is 1.58. The third kappa shape index (κ3) is 3.47. The smallest absolute Gasteiger partial charge is 0.243 e. The summed E-state index contributed by atoms with van der Waals surface area (Å²) in [6.45, 7) is 2.08. The first-order chi connectivity index (χ1) is 13.2. The summed E-state index contributed by atoms with van der Waals surface area (Å²) < 4.78 is 5.66. The van der Waals surface area contributed by atoms with Crippen molar-refractivity contribution in [2.24, 2.45) is 11.7 Å². The van der Waals surface area contributed by atoms with Crippen LogP contribution < -0.4 is 10.5 Å². The maximum atomic E-state index is 9.72. The molecule has 2 atom stereocenters. The summed E-state index contributed by atoms with van der Waals surface area (Å²) in [6, 6.07) is 10.8. The van der Waals surface area contributed by atoms with Gasteiger partial charge in [0.2, 0.25) is 11.8 Å². The van der Waals surface area contributed by atoms with Crippen molar-refractivity contribution in [3.63, 3.8) is 0 Å². The van der Waals surface area contributed by atoms with Crippen molar-refractivity contribution in [1.29, 1.82) is 5.26 Å². The number of thioether (sulfide) groups is 1. The molecule has 0 fully saturated rings. The first-order valence-corrected chi connectivity index (χ1v) is 10.2. The van der Waals surface area contributed by atoms with Gasteiger partial charge in [0.15, 0.2) is 0 Å². The van der Waals surface area contributed by atoms with Crippen LogP contribution >= 0.6 is 11.8 Å². The molecule has 0 amide bonds. The van der Waals surface area contributed by atoms with Crippen molar-refractivity contribution in [2.75, 3.05) is 0 Å². The molecule has 2 aliphatic rings. The van der Waals surface area contributed by atoms with Gasteiger partial charge < -0.3 is 10.5 Å². The number of nitrogens with zero attached hydrogens (tertiary/aromatic N) is 2. The second-order valence-electron chi connectivity index (χ2n) is 7.02. The topological polar surface area (TPSA) is 87.7 Å². The van der Waals surface area contributed by atoms with Crippen LogP contribution in [-0.2, 0) is 5.75 Å². The maximum absolute atomic E-state index is 9.72. The van der Waals surface area contributed by atoms with Crippen LogP contribution in [-0.4, -0.2) is 10.2 Å². The van der Waals surface area contributed by atoms with E-state index in [1.165, 1.54) is 10.5 Å². The number of aryl methyl sites for hydroxylation is 1. The number of fused-ring (bicyclic) bond motifs is 1. The van der Waals surface area contributed by atoms with Crippen LogP contribution in [0.25, 0.3) is 0 Å². The van der Waals surface area contributed by atoms with Gasteiger partial charge in [-0.2, -0.15) is 5.26 Å². The molecule has 2 heterocycles. The van der Waals surface area contributed by atoms with Crippen molar-refractivity contribution in [1.82, 2.24) is 10.2 Å². The van der Waals surface area contributed by atoms with Gasteiger partial charge in [-0.1, -0.05) is 29.8 Å². The minimum absolute atomic E-state index is 0.0948. The quantitative estimate of drug-likeness (QED) is 0.602. The molecule has 0 spiro atoms. The maximum Gasteiger partial charge on any atom is 0.243 e. The van der Waals surface area contributed by atoms with Crippen molar-refractivity contribution in [2.45, 2.75) is 42.8 Å². The van der Waals surface area contributed by atoms with E-state index in [2.05, 4.69) is 59.6 Å². The Morgan fingerprint density at radius 1 is 1.37 bits per heavy atom. The standard InChI is InChI=1S/C21H22N4OS/c1-13-7-9-15(10-8-13)27-12-17-19-18(14-5-3-2-4-6-14)16(11-22)20(23)26-21(19)25-24-17/h3,5,7-10,14,18H,2,4,6,12,23H2,1H3,(H,24,25)/t14-,18+/m0/s1. The highest BCUT2D eigenvalue weighted by atomic mass is 32.2. The minimum Gasteiger partial charge on any atom is -0.420 e. The van der Waals surface area contributed by atoms with Gasteiger partial charge in [0, 0.05) is 22.1 Å². The summed E-state index contributed by atoms with van der Waals surface area (Å²) in [7, 11) is 0. The number of nitrogens with two attached hydrogens (primary N) is 1. The third-order valence-electron chi connectivity index (χ3n) is 5.19. The number of aromatic amines is 1. The van der Waals surface area contributed by atoms with Crippen molar-refractivity contribution < 1.29 is 4.74 Å². The van der Waals surface area contributed by atoms with E-state index in [0.717, 1.165) is 36.3 Å². The Hall–Kier alpha value is -2.65. The minimum atomic E-state index is -0.0948. The SMILES string of the molecule is Cc1ccc(SCc2[nH]nc3c2[C@H]([C@H]2C=CCCC2)C(C#N)=C(N)O3)cc1. The average Bonchev–Trinajstić information content (AvgIpc) is 3.09. The predicted octanol–water partition coefficient (Wildman–Crippen LogP) is 4.54. The zero-order chi connectivity index (χ0) is 18.8. The van der Waals surface area contributed by atoms with E-state index in [-0.39, 0.29) is 17.7 Å². The fourth-order valence-electron chi connectivity index (χ4n) is 3.79. The largest absolute Gasteiger partial charge is 0.420 e. The number of benzene rings is 1. The van der Waals surface area contributed by atoms with Gasteiger partial charge in [-0.25, -0.2) is 0 Å². The number of hydrogen-bond acceptors (Lipinski definition) is 5. The van der Waals surface area contributed by atoms with Gasteiger partial charge in [0.05, 0.1) is 11.3 Å². The van der Waals surface area contributed by atoms with Crippen LogP contribution in [0.15, 0.2) is 52.8 Å². The van der Waals surface area contributed by atoms with Crippen molar-refractivity contribution in [3.05, 3.63) is 64.7 Å². The summed E-state index contributed by atoms with van der Waals surface area (Å²) in [6.07, 6.45) is 7.68. The molecule has 4 rings (SSSR count). The lowest BCUT2D eigenvalue weighted by atomic mass is 9.75. The number of hydrogen-bond donors (Lipinski definition) is 2. The molecule has 1 aromatic heterocycles. The first kappa shape index (κ1) is 17.7. The van der Waals surface area contributed by atoms with Crippen molar-refractivity contribution >= 4 is 11.8 Å². The highest BCUT2D eigenvalue weighted by molar-refractivity contribution is 7.98. The van der Waals surface area contributed by atoms with Crippen LogP contribution in [0.3, 0.4) is 0 Å². The Morgan fingerprint density at radius 2 is 2.19 bits per heavy atom. The van der Waals surface area contributed by atoms with Gasteiger partial charge in [-0.15, -0.1) is 16.9 Å². The van der Waals surface area contributed by atoms with Crippen LogP contribution in [0, 0.1) is 24.2 Å². The number of rotatable bonds is 4. The molecule has 0 radical (unpaired) electrons. The van der Waals surface area contributed by atoms with E-state index in [9.17, 15) is 5.26 Å². The summed E-state index contributed by atoms with van der Waals surface area (Å²) >= 11 is 1.74. The first-order valence-electron chi connectivity index (χ1n) is 9.18. The molecule has 0 saturated carbocycles. The monoisotopic (exact) mass is 378 g/mol. The average molecular weight is 379 g/mol. The van der Waals surface area contributed by atoms with E-state index in [4.69, 9.17) is 10.5 Å². The lowest BCUT2D eigenvalue weighted by Crippen LogP contribution is -2.25. The van der Waals surface area contributed by atoms with E-state index >= 15 is 0 Å². The van der Waals surface area contributed by atoms with E-state index in [0.29, 0.717) is 11.5 Å². The van der Waals surface area contributed by atoms with Crippen molar-refractivity contribution in [3.8, 4) is 11.9 Å². The molecule has 1 aliphatic heterocycles. The lowest BCUT2D eigenvalue weighted by Gasteiger charge is -2.30. The molecule has 3 N–H and O–H groups in total. The zero-order valence-electron chi connectivity index (χ0n) is 15.2. The number of aromatic nitrogens is 2. The number of allylic oxidation sites excluding steroid dienone is 3. The van der Waals surface area contributed by atoms with E-state index in [1.807, 2.05) is 0 Å². The van der Waals surface area contributed by atoms with Gasteiger partial charge in [0.25, 0.3) is 0 Å². The second-order valence-corrected chi connectivity index (χ2v) is 8.06. The highest BCUT2D eigenvalue weighted by Crippen LogP contribution is 2.46. The lowest BCUT2D eigenvalue weighted by molar-refractivity contribution is 0.354. The Balaban J connectivity index is 1.66. The molecule has 27 heavy (non-hydrogen) atoms. The van der Waals surface area contributed by atoms with Crippen LogP contribution in [0.2, 0.25) is 0 Å². The number of ether oxygens (including phenoxy) is 1. The van der Waals surface area contributed by atoms with Crippen LogP contribution in [0.1, 0.15) is 42.0 Å². The molecule has 0 bridgehead atoms. The number of H-pyrrole nitrogens is 1. The molecule has 138 valence electrons. The Bertz CT molecular complexity index is 936. The Morgan fingerprint density at radius 3 is 2.89 bits per heavy atom.